The van der Waals surface area contributed by atoms with E-state index in [1.54, 1.807) is 11.3 Å². The molecular weight excluding hydrogens is 240 g/mol. The van der Waals surface area contributed by atoms with Gasteiger partial charge in [0, 0.05) is 18.6 Å². The van der Waals surface area contributed by atoms with Gasteiger partial charge in [0.05, 0.1) is 4.34 Å². The van der Waals surface area contributed by atoms with Crippen molar-refractivity contribution < 1.29 is 0 Å². The van der Waals surface area contributed by atoms with Gasteiger partial charge in [-0.3, -0.25) is 0 Å². The number of nitrogens with one attached hydrogen (secondary N) is 1. The normalized spacial score (nSPS) is 23.8. The third kappa shape index (κ3) is 2.98. The number of thiophene rings is 1. The summed E-state index contributed by atoms with van der Waals surface area (Å²) in [4.78, 5) is 2.44. The average Bonchev–Trinajstić information content (AvgIpc) is 2.84. The number of rotatable bonds is 4. The van der Waals surface area contributed by atoms with Gasteiger partial charge in [-0.1, -0.05) is 11.6 Å². The maximum Gasteiger partial charge on any atom is 0.0931 e. The quantitative estimate of drug-likeness (QED) is 0.893. The number of nitrogens with zero attached hydrogens (tertiary/aromatic N) is 1. The first-order chi connectivity index (χ1) is 7.66. The lowest BCUT2D eigenvalue weighted by molar-refractivity contribution is 0.294. The van der Waals surface area contributed by atoms with Crippen LogP contribution in [0.25, 0.3) is 0 Å². The van der Waals surface area contributed by atoms with Crippen LogP contribution in [0.2, 0.25) is 4.34 Å². The van der Waals surface area contributed by atoms with Crippen LogP contribution in [-0.2, 0) is 0 Å². The molecule has 1 aromatic rings. The molecule has 2 unspecified atom stereocenters. The molecule has 16 heavy (non-hydrogen) atoms. The van der Waals surface area contributed by atoms with Gasteiger partial charge in [0.2, 0.25) is 0 Å². The van der Waals surface area contributed by atoms with Gasteiger partial charge in [0.25, 0.3) is 0 Å². The summed E-state index contributed by atoms with van der Waals surface area (Å²) in [6, 6.07) is 3.16. The van der Waals surface area contributed by atoms with Gasteiger partial charge in [0.15, 0.2) is 0 Å². The molecule has 2 nitrogen and oxygen atoms in total. The van der Waals surface area contributed by atoms with Crippen LogP contribution in [0.4, 0.5) is 0 Å². The second kappa shape index (κ2) is 5.50. The molecule has 0 aliphatic carbocycles. The highest BCUT2D eigenvalue weighted by Gasteiger charge is 2.21. The van der Waals surface area contributed by atoms with Crippen LogP contribution in [0, 0.1) is 0 Å². The second-order valence-corrected chi connectivity index (χ2v) is 6.13. The Balaban J connectivity index is 1.81. The van der Waals surface area contributed by atoms with Crippen LogP contribution in [0.1, 0.15) is 31.4 Å². The third-order valence-corrected chi connectivity index (χ3v) is 4.53. The summed E-state index contributed by atoms with van der Waals surface area (Å²) in [6.07, 6.45) is 2.65. The van der Waals surface area contributed by atoms with Crippen molar-refractivity contribution in [1.29, 1.82) is 0 Å². The molecule has 1 N–H and O–H groups in total. The first-order valence-electron chi connectivity index (χ1n) is 5.84. The summed E-state index contributed by atoms with van der Waals surface area (Å²) < 4.78 is 0.877. The van der Waals surface area contributed by atoms with E-state index in [4.69, 9.17) is 11.6 Å². The topological polar surface area (TPSA) is 15.3 Å². The molecule has 0 spiro atoms. The molecule has 1 fully saturated rings. The predicted molar refractivity (Wildman–Crippen MR) is 71.4 cm³/mol. The molecule has 90 valence electrons. The average molecular weight is 259 g/mol. The number of likely N-dealkylation sites (tertiary alicyclic amines) is 1. The van der Waals surface area contributed by atoms with Crippen LogP contribution in [0.3, 0.4) is 0 Å². The van der Waals surface area contributed by atoms with Crippen LogP contribution in [0.15, 0.2) is 11.4 Å². The molecule has 1 aromatic heterocycles. The summed E-state index contributed by atoms with van der Waals surface area (Å²) >= 11 is 7.54. The molecule has 4 heteroatoms. The van der Waals surface area contributed by atoms with Crippen molar-refractivity contribution in [3.05, 3.63) is 21.3 Å². The van der Waals surface area contributed by atoms with E-state index < -0.39 is 0 Å². The zero-order chi connectivity index (χ0) is 11.5. The number of hydrogen-bond acceptors (Lipinski definition) is 3. The van der Waals surface area contributed by atoms with E-state index in [9.17, 15) is 0 Å². The Morgan fingerprint density at radius 3 is 3.06 bits per heavy atom. The van der Waals surface area contributed by atoms with Crippen molar-refractivity contribution in [1.82, 2.24) is 10.2 Å². The molecule has 0 saturated carbocycles. The minimum atomic E-state index is 0.401. The monoisotopic (exact) mass is 258 g/mol. The smallest absolute Gasteiger partial charge is 0.0931 e. The van der Waals surface area contributed by atoms with Gasteiger partial charge < -0.3 is 10.2 Å². The highest BCUT2D eigenvalue weighted by Crippen LogP contribution is 2.25. The number of halogens is 1. The Bertz CT molecular complexity index is 340. The van der Waals surface area contributed by atoms with E-state index in [2.05, 4.69) is 35.6 Å². The van der Waals surface area contributed by atoms with Gasteiger partial charge in [-0.2, -0.15) is 0 Å². The SMILES string of the molecule is CC(NCC1CCCN1C)c1csc(Cl)c1. The Morgan fingerprint density at radius 1 is 1.69 bits per heavy atom. The largest absolute Gasteiger partial charge is 0.309 e. The van der Waals surface area contributed by atoms with Gasteiger partial charge in [-0.15, -0.1) is 11.3 Å². The fraction of sp³-hybridized carbons (Fsp3) is 0.667. The molecule has 0 aromatic carbocycles. The van der Waals surface area contributed by atoms with E-state index in [0.29, 0.717) is 12.1 Å². The Labute approximate surface area is 107 Å². The fourth-order valence-corrected chi connectivity index (χ4v) is 3.20. The van der Waals surface area contributed by atoms with Crippen molar-refractivity contribution in [2.75, 3.05) is 20.1 Å². The maximum absolute atomic E-state index is 5.94. The molecule has 0 radical (unpaired) electrons. The summed E-state index contributed by atoms with van der Waals surface area (Å²) in [5, 5.41) is 5.73. The second-order valence-electron chi connectivity index (χ2n) is 4.59. The molecule has 2 heterocycles. The van der Waals surface area contributed by atoms with Gasteiger partial charge >= 0.3 is 0 Å². The highest BCUT2D eigenvalue weighted by molar-refractivity contribution is 7.14. The van der Waals surface area contributed by atoms with E-state index in [-0.39, 0.29) is 0 Å². The molecule has 1 aliphatic heterocycles. The summed E-state index contributed by atoms with van der Waals surface area (Å²) in [6.45, 7) is 4.52. The summed E-state index contributed by atoms with van der Waals surface area (Å²) in [5.41, 5.74) is 1.30. The Kier molecular flexibility index (Phi) is 4.25. The van der Waals surface area contributed by atoms with Gasteiger partial charge in [0.1, 0.15) is 0 Å². The first-order valence-corrected chi connectivity index (χ1v) is 7.10. The van der Waals surface area contributed by atoms with Crippen LogP contribution >= 0.6 is 22.9 Å². The summed E-state index contributed by atoms with van der Waals surface area (Å²) in [5.74, 6) is 0. The maximum atomic E-state index is 5.94. The highest BCUT2D eigenvalue weighted by atomic mass is 35.5. The molecular formula is C12H19ClN2S. The lowest BCUT2D eigenvalue weighted by atomic mass is 10.1. The molecule has 1 saturated heterocycles. The van der Waals surface area contributed by atoms with Gasteiger partial charge in [-0.05, 0) is 50.4 Å². The molecule has 1 aliphatic rings. The van der Waals surface area contributed by atoms with Crippen molar-refractivity contribution in [2.24, 2.45) is 0 Å². The van der Waals surface area contributed by atoms with E-state index in [0.717, 1.165) is 10.9 Å². The van der Waals surface area contributed by atoms with Crippen molar-refractivity contribution in [2.45, 2.75) is 31.8 Å². The van der Waals surface area contributed by atoms with Gasteiger partial charge in [-0.25, -0.2) is 0 Å². The van der Waals surface area contributed by atoms with Crippen LogP contribution in [-0.4, -0.2) is 31.1 Å². The Morgan fingerprint density at radius 2 is 2.50 bits per heavy atom. The van der Waals surface area contributed by atoms with E-state index in [1.807, 2.05) is 0 Å². The zero-order valence-electron chi connectivity index (χ0n) is 9.87. The van der Waals surface area contributed by atoms with E-state index in [1.165, 1.54) is 24.9 Å². The van der Waals surface area contributed by atoms with Crippen LogP contribution in [0.5, 0.6) is 0 Å². The number of hydrogen-bond donors (Lipinski definition) is 1. The molecule has 0 bridgehead atoms. The number of likely N-dealkylation sites (N-methyl/N-ethyl adjacent to an activating group) is 1. The molecule has 0 amide bonds. The minimum Gasteiger partial charge on any atom is -0.309 e. The first kappa shape index (κ1) is 12.4. The predicted octanol–water partition coefficient (Wildman–Crippen LogP) is 3.15. The van der Waals surface area contributed by atoms with Crippen molar-refractivity contribution in [3.8, 4) is 0 Å². The third-order valence-electron chi connectivity index (χ3n) is 3.42. The zero-order valence-corrected chi connectivity index (χ0v) is 11.4. The minimum absolute atomic E-state index is 0.401. The molecule has 2 atom stereocenters. The van der Waals surface area contributed by atoms with Crippen molar-refractivity contribution >= 4 is 22.9 Å². The van der Waals surface area contributed by atoms with E-state index >= 15 is 0 Å². The fourth-order valence-electron chi connectivity index (χ4n) is 2.22. The lowest BCUT2D eigenvalue weighted by Gasteiger charge is -2.22. The molecule has 2 rings (SSSR count). The lowest BCUT2D eigenvalue weighted by Crippen LogP contribution is -2.36. The van der Waals surface area contributed by atoms with Crippen molar-refractivity contribution in [3.63, 3.8) is 0 Å². The summed E-state index contributed by atoms with van der Waals surface area (Å²) in [7, 11) is 2.21. The standard InChI is InChI=1S/C12H19ClN2S/c1-9(10-6-12(13)16-8-10)14-7-11-4-3-5-15(11)2/h6,8-9,11,14H,3-5,7H2,1-2H3. The van der Waals surface area contributed by atoms with Crippen LogP contribution < -0.4 is 5.32 Å². The Hall–Kier alpha value is -0.0900.